The van der Waals surface area contributed by atoms with E-state index in [4.69, 9.17) is 4.42 Å². The molecule has 48 heavy (non-hydrogen) atoms. The molecule has 0 saturated heterocycles. The SMILES string of the molecule is c1ccc(-c2ccc(N(c3ccccc3)c3ccc(-c4ccc5ccccc5c4-c4cccc5c4oc4ccccc45)cc3)cc2)cc1. The molecule has 0 unspecified atom stereocenters. The van der Waals surface area contributed by atoms with Gasteiger partial charge in [0.1, 0.15) is 11.2 Å². The number of hydrogen-bond donors (Lipinski definition) is 0. The van der Waals surface area contributed by atoms with Gasteiger partial charge in [0, 0.05) is 39.0 Å². The van der Waals surface area contributed by atoms with E-state index in [-0.39, 0.29) is 0 Å². The zero-order valence-corrected chi connectivity index (χ0v) is 26.3. The summed E-state index contributed by atoms with van der Waals surface area (Å²) < 4.78 is 6.56. The Balaban J connectivity index is 1.17. The van der Waals surface area contributed by atoms with Gasteiger partial charge >= 0.3 is 0 Å². The first kappa shape index (κ1) is 27.9. The van der Waals surface area contributed by atoms with Gasteiger partial charge in [-0.25, -0.2) is 0 Å². The molecule has 1 heterocycles. The highest BCUT2D eigenvalue weighted by molar-refractivity contribution is 6.14. The Morgan fingerprint density at radius 2 is 0.896 bits per heavy atom. The van der Waals surface area contributed by atoms with Crippen LogP contribution in [0.15, 0.2) is 192 Å². The molecule has 9 rings (SSSR count). The smallest absolute Gasteiger partial charge is 0.143 e. The highest BCUT2D eigenvalue weighted by Gasteiger charge is 2.19. The second kappa shape index (κ2) is 11.8. The summed E-state index contributed by atoms with van der Waals surface area (Å²) in [6.45, 7) is 0. The van der Waals surface area contributed by atoms with Crippen molar-refractivity contribution in [1.82, 2.24) is 0 Å². The Morgan fingerprint density at radius 1 is 0.333 bits per heavy atom. The lowest BCUT2D eigenvalue weighted by molar-refractivity contribution is 0.670. The van der Waals surface area contributed by atoms with Gasteiger partial charge in [-0.2, -0.15) is 0 Å². The number of anilines is 3. The largest absolute Gasteiger partial charge is 0.455 e. The summed E-state index contributed by atoms with van der Waals surface area (Å²) in [5, 5.41) is 4.68. The molecule has 0 aliphatic heterocycles. The fourth-order valence-corrected chi connectivity index (χ4v) is 6.99. The molecule has 2 nitrogen and oxygen atoms in total. The minimum absolute atomic E-state index is 0.906. The number of benzene rings is 8. The predicted octanol–water partition coefficient (Wildman–Crippen LogP) is 13.2. The van der Waals surface area contributed by atoms with E-state index in [9.17, 15) is 0 Å². The standard InChI is InChI=1S/C46H31NO/c1-3-12-32(13-4-1)33-22-27-37(28-23-33)47(36-15-5-2-6-16-36)38-29-24-35(25-30-38)40-31-26-34-14-7-8-17-39(34)45(40)43-20-11-19-42-41-18-9-10-21-44(41)48-46(42)43/h1-31H. The van der Waals surface area contributed by atoms with Crippen LogP contribution < -0.4 is 4.90 Å². The van der Waals surface area contributed by atoms with E-state index < -0.39 is 0 Å². The minimum Gasteiger partial charge on any atom is -0.455 e. The predicted molar refractivity (Wildman–Crippen MR) is 202 cm³/mol. The summed E-state index contributed by atoms with van der Waals surface area (Å²) in [6.07, 6.45) is 0. The number of fused-ring (bicyclic) bond motifs is 4. The van der Waals surface area contributed by atoms with E-state index in [1.165, 1.54) is 33.0 Å². The normalized spacial score (nSPS) is 11.3. The molecular weight excluding hydrogens is 583 g/mol. The van der Waals surface area contributed by atoms with Gasteiger partial charge in [-0.1, -0.05) is 146 Å². The Bertz CT molecular complexity index is 2530. The molecule has 0 aliphatic carbocycles. The summed E-state index contributed by atoms with van der Waals surface area (Å²) in [7, 11) is 0. The summed E-state index contributed by atoms with van der Waals surface area (Å²) >= 11 is 0. The average molecular weight is 614 g/mol. The van der Waals surface area contributed by atoms with Crippen molar-refractivity contribution in [3.63, 3.8) is 0 Å². The molecule has 0 N–H and O–H groups in total. The van der Waals surface area contributed by atoms with Crippen LogP contribution in [0.3, 0.4) is 0 Å². The lowest BCUT2D eigenvalue weighted by atomic mass is 9.89. The molecular formula is C46H31NO. The molecule has 0 radical (unpaired) electrons. The first-order valence-electron chi connectivity index (χ1n) is 16.4. The Hall–Kier alpha value is -6.38. The number of para-hydroxylation sites is 3. The second-order valence-corrected chi connectivity index (χ2v) is 12.1. The van der Waals surface area contributed by atoms with Crippen molar-refractivity contribution in [3.8, 4) is 33.4 Å². The van der Waals surface area contributed by atoms with Crippen molar-refractivity contribution in [1.29, 1.82) is 0 Å². The topological polar surface area (TPSA) is 16.4 Å². The van der Waals surface area contributed by atoms with Crippen LogP contribution in [0.1, 0.15) is 0 Å². The molecule has 1 aromatic heterocycles. The van der Waals surface area contributed by atoms with E-state index in [2.05, 4.69) is 187 Å². The highest BCUT2D eigenvalue weighted by atomic mass is 16.3. The van der Waals surface area contributed by atoms with E-state index in [0.29, 0.717) is 0 Å². The average Bonchev–Trinajstić information content (AvgIpc) is 3.55. The minimum atomic E-state index is 0.906. The Morgan fingerprint density at radius 3 is 1.65 bits per heavy atom. The molecule has 8 aromatic carbocycles. The Labute approximate surface area is 279 Å². The summed E-state index contributed by atoms with van der Waals surface area (Å²) in [5.74, 6) is 0. The van der Waals surface area contributed by atoms with Crippen LogP contribution in [-0.2, 0) is 0 Å². The van der Waals surface area contributed by atoms with Gasteiger partial charge in [-0.15, -0.1) is 0 Å². The quantitative estimate of drug-likeness (QED) is 0.185. The van der Waals surface area contributed by atoms with E-state index in [1.54, 1.807) is 0 Å². The van der Waals surface area contributed by atoms with Crippen LogP contribution in [0, 0.1) is 0 Å². The maximum atomic E-state index is 6.56. The van der Waals surface area contributed by atoms with E-state index in [0.717, 1.165) is 50.1 Å². The molecule has 0 aliphatic rings. The molecule has 0 saturated carbocycles. The van der Waals surface area contributed by atoms with Crippen molar-refractivity contribution < 1.29 is 4.42 Å². The third-order valence-electron chi connectivity index (χ3n) is 9.29. The van der Waals surface area contributed by atoms with E-state index in [1.807, 2.05) is 6.07 Å². The van der Waals surface area contributed by atoms with Crippen LogP contribution >= 0.6 is 0 Å². The lowest BCUT2D eigenvalue weighted by Gasteiger charge is -2.26. The van der Waals surface area contributed by atoms with Crippen LogP contribution in [-0.4, -0.2) is 0 Å². The van der Waals surface area contributed by atoms with Crippen molar-refractivity contribution in [2.75, 3.05) is 4.90 Å². The van der Waals surface area contributed by atoms with Gasteiger partial charge in [0.2, 0.25) is 0 Å². The fraction of sp³-hybridized carbons (Fsp3) is 0. The first-order chi connectivity index (χ1) is 23.8. The van der Waals surface area contributed by atoms with Crippen LogP contribution in [0.2, 0.25) is 0 Å². The van der Waals surface area contributed by atoms with Crippen molar-refractivity contribution in [2.24, 2.45) is 0 Å². The molecule has 226 valence electrons. The maximum Gasteiger partial charge on any atom is 0.143 e. The monoisotopic (exact) mass is 613 g/mol. The molecule has 2 heteroatoms. The van der Waals surface area contributed by atoms with Gasteiger partial charge in [-0.3, -0.25) is 0 Å². The fourth-order valence-electron chi connectivity index (χ4n) is 6.99. The third kappa shape index (κ3) is 4.83. The lowest BCUT2D eigenvalue weighted by Crippen LogP contribution is -2.09. The van der Waals surface area contributed by atoms with Crippen LogP contribution in [0.25, 0.3) is 66.1 Å². The van der Waals surface area contributed by atoms with Crippen molar-refractivity contribution >= 4 is 49.8 Å². The number of hydrogen-bond acceptors (Lipinski definition) is 2. The van der Waals surface area contributed by atoms with Gasteiger partial charge in [0.25, 0.3) is 0 Å². The number of rotatable bonds is 6. The molecule has 0 atom stereocenters. The molecule has 0 bridgehead atoms. The Kier molecular flexibility index (Phi) is 6.84. The molecule has 9 aromatic rings. The van der Waals surface area contributed by atoms with Crippen molar-refractivity contribution in [2.45, 2.75) is 0 Å². The van der Waals surface area contributed by atoms with Gasteiger partial charge in [-0.05, 0) is 75.5 Å². The van der Waals surface area contributed by atoms with Gasteiger partial charge < -0.3 is 9.32 Å². The number of nitrogens with zero attached hydrogens (tertiary/aromatic N) is 1. The van der Waals surface area contributed by atoms with Gasteiger partial charge in [0.15, 0.2) is 0 Å². The summed E-state index contributed by atoms with van der Waals surface area (Å²) in [6, 6.07) is 66.8. The van der Waals surface area contributed by atoms with E-state index >= 15 is 0 Å². The zero-order chi connectivity index (χ0) is 31.9. The number of furan rings is 1. The third-order valence-corrected chi connectivity index (χ3v) is 9.29. The molecule has 0 fully saturated rings. The van der Waals surface area contributed by atoms with Crippen LogP contribution in [0.5, 0.6) is 0 Å². The van der Waals surface area contributed by atoms with Gasteiger partial charge in [0.05, 0.1) is 0 Å². The molecule has 0 spiro atoms. The summed E-state index contributed by atoms with van der Waals surface area (Å²) in [4.78, 5) is 2.31. The maximum absolute atomic E-state index is 6.56. The summed E-state index contributed by atoms with van der Waals surface area (Å²) in [5.41, 5.74) is 12.2. The highest BCUT2D eigenvalue weighted by Crippen LogP contribution is 2.44. The zero-order valence-electron chi connectivity index (χ0n) is 26.3. The second-order valence-electron chi connectivity index (χ2n) is 12.1. The molecule has 0 amide bonds. The van der Waals surface area contributed by atoms with Crippen molar-refractivity contribution in [3.05, 3.63) is 188 Å². The van der Waals surface area contributed by atoms with Crippen LogP contribution in [0.4, 0.5) is 17.1 Å². The first-order valence-corrected chi connectivity index (χ1v) is 16.4.